The number of carbonyl (C=O) groups is 2. The van der Waals surface area contributed by atoms with Gasteiger partial charge < -0.3 is 15.1 Å². The molecule has 2 amide bonds. The maximum atomic E-state index is 12.5. The summed E-state index contributed by atoms with van der Waals surface area (Å²) in [4.78, 5) is 37.3. The Hall–Kier alpha value is -2.34. The molecule has 1 saturated heterocycles. The van der Waals surface area contributed by atoms with Gasteiger partial charge in [0.25, 0.3) is 5.91 Å². The molecule has 1 aliphatic heterocycles. The third-order valence-electron chi connectivity index (χ3n) is 3.77. The van der Waals surface area contributed by atoms with Crippen LogP contribution in [0.1, 0.15) is 23.2 Å². The molecule has 2 N–H and O–H groups in total. The number of likely N-dealkylation sites (tertiary alicyclic amines) is 1. The van der Waals surface area contributed by atoms with E-state index in [0.29, 0.717) is 35.4 Å². The molecule has 2 aromatic rings. The number of nitrogens with zero attached hydrogens (tertiary/aromatic N) is 1. The lowest BCUT2D eigenvalue weighted by molar-refractivity contribution is -0.121. The van der Waals surface area contributed by atoms with Crippen molar-refractivity contribution in [3.05, 3.63) is 45.3 Å². The summed E-state index contributed by atoms with van der Waals surface area (Å²) in [6, 6.07) is 5.52. The maximum absolute atomic E-state index is 12.5. The summed E-state index contributed by atoms with van der Waals surface area (Å²) in [6.07, 6.45) is 1.18. The summed E-state index contributed by atoms with van der Waals surface area (Å²) in [7, 11) is 0. The summed E-state index contributed by atoms with van der Waals surface area (Å²) < 4.78 is 5.15. The first-order valence-electron chi connectivity index (χ1n) is 6.81. The van der Waals surface area contributed by atoms with Crippen LogP contribution in [0.5, 0.6) is 0 Å². The third-order valence-corrected chi connectivity index (χ3v) is 4.00. The van der Waals surface area contributed by atoms with Crippen molar-refractivity contribution >= 4 is 34.4 Å². The predicted octanol–water partition coefficient (Wildman–Crippen LogP) is 1.54. The van der Waals surface area contributed by atoms with Crippen molar-refractivity contribution in [3.8, 4) is 0 Å². The van der Waals surface area contributed by atoms with E-state index >= 15 is 0 Å². The van der Waals surface area contributed by atoms with Crippen molar-refractivity contribution in [2.45, 2.75) is 18.9 Å². The Kier molecular flexibility index (Phi) is 3.62. The number of fused-ring (bicyclic) bond motifs is 1. The van der Waals surface area contributed by atoms with Crippen molar-refractivity contribution in [3.63, 3.8) is 0 Å². The predicted molar refractivity (Wildman–Crippen MR) is 80.7 cm³/mol. The average Bonchev–Trinajstić information content (AvgIpc) is 2.96. The highest BCUT2D eigenvalue weighted by molar-refractivity contribution is 6.31. The highest BCUT2D eigenvalue weighted by atomic mass is 35.5. The van der Waals surface area contributed by atoms with Gasteiger partial charge in [-0.3, -0.25) is 9.59 Å². The van der Waals surface area contributed by atoms with Crippen molar-refractivity contribution < 1.29 is 14.0 Å². The van der Waals surface area contributed by atoms with Crippen LogP contribution in [0.15, 0.2) is 33.5 Å². The number of primary amides is 1. The molecule has 1 atom stereocenters. The standard InChI is InChI=1S/C15H13ClN2O4/c16-9-3-4-12-8(6-9)7-10(15(21)22-12)14(20)18-5-1-2-11(18)13(17)19/h3-4,6-7,11H,1-2,5H2,(H2,17,19)/t11-/m0/s1. The molecular formula is C15H13ClN2O4. The molecule has 0 saturated carbocycles. The van der Waals surface area contributed by atoms with Gasteiger partial charge in [0.05, 0.1) is 0 Å². The van der Waals surface area contributed by atoms with Gasteiger partial charge in [-0.25, -0.2) is 4.79 Å². The fraction of sp³-hybridized carbons (Fsp3) is 0.267. The zero-order valence-corrected chi connectivity index (χ0v) is 12.3. The Morgan fingerprint density at radius 1 is 1.32 bits per heavy atom. The highest BCUT2D eigenvalue weighted by Gasteiger charge is 2.34. The van der Waals surface area contributed by atoms with Gasteiger partial charge in [-0.2, -0.15) is 0 Å². The van der Waals surface area contributed by atoms with Crippen molar-refractivity contribution in [2.24, 2.45) is 5.73 Å². The van der Waals surface area contributed by atoms with Crippen LogP contribution in [0.2, 0.25) is 5.02 Å². The molecule has 1 aromatic carbocycles. The molecule has 0 radical (unpaired) electrons. The van der Waals surface area contributed by atoms with Crippen LogP contribution in [-0.4, -0.2) is 29.3 Å². The molecule has 1 aromatic heterocycles. The second-order valence-electron chi connectivity index (χ2n) is 5.19. The van der Waals surface area contributed by atoms with Crippen LogP contribution in [0.4, 0.5) is 0 Å². The molecule has 0 bridgehead atoms. The fourth-order valence-electron chi connectivity index (χ4n) is 2.70. The number of rotatable bonds is 2. The largest absolute Gasteiger partial charge is 0.422 e. The number of carbonyl (C=O) groups excluding carboxylic acids is 2. The molecule has 0 spiro atoms. The lowest BCUT2D eigenvalue weighted by Gasteiger charge is -2.21. The summed E-state index contributed by atoms with van der Waals surface area (Å²) in [5.41, 5.74) is 4.78. The van der Waals surface area contributed by atoms with Crippen LogP contribution in [0.25, 0.3) is 11.0 Å². The fourth-order valence-corrected chi connectivity index (χ4v) is 2.88. The van der Waals surface area contributed by atoms with E-state index in [1.165, 1.54) is 11.0 Å². The molecule has 2 heterocycles. The third kappa shape index (κ3) is 2.46. The van der Waals surface area contributed by atoms with Crippen LogP contribution < -0.4 is 11.4 Å². The number of hydrogen-bond acceptors (Lipinski definition) is 4. The average molecular weight is 321 g/mol. The monoisotopic (exact) mass is 320 g/mol. The number of halogens is 1. The zero-order chi connectivity index (χ0) is 15.9. The van der Waals surface area contributed by atoms with Crippen LogP contribution in [0, 0.1) is 0 Å². The van der Waals surface area contributed by atoms with Crippen molar-refractivity contribution in [2.75, 3.05) is 6.54 Å². The molecule has 6 nitrogen and oxygen atoms in total. The van der Waals surface area contributed by atoms with E-state index in [4.69, 9.17) is 21.8 Å². The summed E-state index contributed by atoms with van der Waals surface area (Å²) in [5, 5.41) is 1.02. The van der Waals surface area contributed by atoms with E-state index < -0.39 is 23.5 Å². The van der Waals surface area contributed by atoms with Gasteiger partial charge in [0.2, 0.25) is 5.91 Å². The summed E-state index contributed by atoms with van der Waals surface area (Å²) in [6.45, 7) is 0.388. The number of benzene rings is 1. The first-order valence-corrected chi connectivity index (χ1v) is 7.19. The molecular weight excluding hydrogens is 308 g/mol. The summed E-state index contributed by atoms with van der Waals surface area (Å²) >= 11 is 5.91. The molecule has 22 heavy (non-hydrogen) atoms. The Balaban J connectivity index is 2.05. The zero-order valence-electron chi connectivity index (χ0n) is 11.5. The van der Waals surface area contributed by atoms with Crippen LogP contribution in [-0.2, 0) is 4.79 Å². The van der Waals surface area contributed by atoms with Crippen LogP contribution in [0.3, 0.4) is 0 Å². The van der Waals surface area contributed by atoms with Gasteiger partial charge in [-0.1, -0.05) is 11.6 Å². The molecule has 114 valence electrons. The molecule has 3 rings (SSSR count). The molecule has 1 aliphatic rings. The van der Waals surface area contributed by atoms with E-state index in [2.05, 4.69) is 0 Å². The van der Waals surface area contributed by atoms with E-state index in [-0.39, 0.29) is 5.56 Å². The lowest BCUT2D eigenvalue weighted by atomic mass is 10.1. The Morgan fingerprint density at radius 2 is 2.09 bits per heavy atom. The van der Waals surface area contributed by atoms with Gasteiger partial charge in [0, 0.05) is 17.0 Å². The first-order chi connectivity index (χ1) is 10.5. The van der Waals surface area contributed by atoms with E-state index in [9.17, 15) is 14.4 Å². The highest BCUT2D eigenvalue weighted by Crippen LogP contribution is 2.22. The Labute approximate surface area is 130 Å². The van der Waals surface area contributed by atoms with Gasteiger partial charge in [0.1, 0.15) is 17.2 Å². The van der Waals surface area contributed by atoms with Crippen molar-refractivity contribution in [1.82, 2.24) is 4.90 Å². The smallest absolute Gasteiger partial charge is 0.349 e. The second-order valence-corrected chi connectivity index (χ2v) is 5.63. The normalized spacial score (nSPS) is 17.9. The van der Waals surface area contributed by atoms with Crippen molar-refractivity contribution in [1.29, 1.82) is 0 Å². The number of nitrogens with two attached hydrogens (primary N) is 1. The first kappa shape index (κ1) is 14.6. The molecule has 0 aliphatic carbocycles. The second kappa shape index (κ2) is 5.46. The topological polar surface area (TPSA) is 93.6 Å². The minimum atomic E-state index is -0.741. The van der Waals surface area contributed by atoms with E-state index in [0.717, 1.165) is 0 Å². The van der Waals surface area contributed by atoms with Gasteiger partial charge in [-0.15, -0.1) is 0 Å². The SMILES string of the molecule is NC(=O)[C@@H]1CCCN1C(=O)c1cc2cc(Cl)ccc2oc1=O. The Morgan fingerprint density at radius 3 is 2.82 bits per heavy atom. The Bertz CT molecular complexity index is 830. The maximum Gasteiger partial charge on any atom is 0.349 e. The minimum Gasteiger partial charge on any atom is -0.422 e. The van der Waals surface area contributed by atoms with Gasteiger partial charge in [0.15, 0.2) is 0 Å². The van der Waals surface area contributed by atoms with Gasteiger partial charge >= 0.3 is 5.63 Å². The summed E-state index contributed by atoms with van der Waals surface area (Å²) in [5.74, 6) is -1.11. The van der Waals surface area contributed by atoms with Gasteiger partial charge in [-0.05, 0) is 37.1 Å². The molecule has 7 heteroatoms. The molecule has 1 fully saturated rings. The van der Waals surface area contributed by atoms with Crippen LogP contribution >= 0.6 is 11.6 Å². The lowest BCUT2D eigenvalue weighted by Crippen LogP contribution is -2.44. The number of amides is 2. The number of hydrogen-bond donors (Lipinski definition) is 1. The van der Waals surface area contributed by atoms with E-state index in [1.54, 1.807) is 18.2 Å². The minimum absolute atomic E-state index is 0.122. The van der Waals surface area contributed by atoms with E-state index in [1.807, 2.05) is 0 Å². The quantitative estimate of drug-likeness (QED) is 0.849. The molecule has 0 unspecified atom stereocenters.